The monoisotopic (exact) mass is 212 g/mol. The van der Waals surface area contributed by atoms with Gasteiger partial charge in [-0.2, -0.15) is 0 Å². The van der Waals surface area contributed by atoms with Gasteiger partial charge in [-0.3, -0.25) is 4.79 Å². The lowest BCUT2D eigenvalue weighted by Crippen LogP contribution is -2.14. The standard InChI is InChI=1S/C10H9ClOS/c1-6-5-9(12)7-3-2-4-8(11)10(7)13-6/h2-4,6H,5H2,1H3. The maximum absolute atomic E-state index is 11.6. The van der Waals surface area contributed by atoms with Gasteiger partial charge in [-0.25, -0.2) is 0 Å². The molecule has 0 bridgehead atoms. The molecule has 1 unspecified atom stereocenters. The van der Waals surface area contributed by atoms with Crippen LogP contribution in [0.3, 0.4) is 0 Å². The quantitative estimate of drug-likeness (QED) is 0.656. The van der Waals surface area contributed by atoms with Gasteiger partial charge in [-0.15, -0.1) is 11.8 Å². The second-order valence-electron chi connectivity index (χ2n) is 3.17. The first-order valence-electron chi connectivity index (χ1n) is 4.17. The molecule has 13 heavy (non-hydrogen) atoms. The molecular formula is C10H9ClOS. The van der Waals surface area contributed by atoms with E-state index in [9.17, 15) is 4.79 Å². The van der Waals surface area contributed by atoms with E-state index < -0.39 is 0 Å². The van der Waals surface area contributed by atoms with E-state index in [1.807, 2.05) is 18.2 Å². The maximum Gasteiger partial charge on any atom is 0.165 e. The number of benzene rings is 1. The Hall–Kier alpha value is -0.470. The van der Waals surface area contributed by atoms with Gasteiger partial charge in [0.25, 0.3) is 0 Å². The fourth-order valence-corrected chi connectivity index (χ4v) is 2.90. The normalized spacial score (nSPS) is 21.4. The van der Waals surface area contributed by atoms with Crippen LogP contribution in [0.1, 0.15) is 23.7 Å². The summed E-state index contributed by atoms with van der Waals surface area (Å²) in [6, 6.07) is 5.51. The van der Waals surface area contributed by atoms with Crippen molar-refractivity contribution in [3.05, 3.63) is 28.8 Å². The molecule has 1 aliphatic rings. The van der Waals surface area contributed by atoms with Gasteiger partial charge < -0.3 is 0 Å². The van der Waals surface area contributed by atoms with E-state index >= 15 is 0 Å². The van der Waals surface area contributed by atoms with Crippen molar-refractivity contribution in [2.75, 3.05) is 0 Å². The Morgan fingerprint density at radius 1 is 1.54 bits per heavy atom. The summed E-state index contributed by atoms with van der Waals surface area (Å²) >= 11 is 7.69. The summed E-state index contributed by atoms with van der Waals surface area (Å²) in [7, 11) is 0. The van der Waals surface area contributed by atoms with Crippen LogP contribution in [0, 0.1) is 0 Å². The zero-order valence-corrected chi connectivity index (χ0v) is 8.78. The molecule has 1 heterocycles. The van der Waals surface area contributed by atoms with Crippen molar-refractivity contribution in [2.24, 2.45) is 0 Å². The summed E-state index contributed by atoms with van der Waals surface area (Å²) in [5.74, 6) is 0.212. The number of rotatable bonds is 0. The number of halogens is 1. The third-order valence-corrected chi connectivity index (χ3v) is 3.73. The zero-order valence-electron chi connectivity index (χ0n) is 7.21. The van der Waals surface area contributed by atoms with Gasteiger partial charge in [0, 0.05) is 22.1 Å². The van der Waals surface area contributed by atoms with Gasteiger partial charge >= 0.3 is 0 Å². The summed E-state index contributed by atoms with van der Waals surface area (Å²) in [5, 5.41) is 1.04. The minimum absolute atomic E-state index is 0.212. The fraction of sp³-hybridized carbons (Fsp3) is 0.300. The fourth-order valence-electron chi connectivity index (χ4n) is 1.46. The molecule has 1 aromatic carbocycles. The second kappa shape index (κ2) is 3.35. The summed E-state index contributed by atoms with van der Waals surface area (Å²) < 4.78 is 0. The molecule has 0 saturated heterocycles. The van der Waals surface area contributed by atoms with Crippen molar-refractivity contribution < 1.29 is 4.79 Å². The van der Waals surface area contributed by atoms with E-state index in [1.54, 1.807) is 11.8 Å². The van der Waals surface area contributed by atoms with Gasteiger partial charge in [-0.05, 0) is 6.07 Å². The molecule has 0 amide bonds. The molecule has 0 fully saturated rings. The lowest BCUT2D eigenvalue weighted by Gasteiger charge is -2.20. The number of thioether (sulfide) groups is 1. The van der Waals surface area contributed by atoms with Crippen LogP contribution in [0.5, 0.6) is 0 Å². The van der Waals surface area contributed by atoms with Crippen LogP contribution in [0.25, 0.3) is 0 Å². The van der Waals surface area contributed by atoms with Crippen molar-refractivity contribution in [3.8, 4) is 0 Å². The maximum atomic E-state index is 11.6. The summed E-state index contributed by atoms with van der Waals surface area (Å²) in [4.78, 5) is 12.5. The average molecular weight is 213 g/mol. The molecule has 0 saturated carbocycles. The Balaban J connectivity index is 2.55. The summed E-state index contributed by atoms with van der Waals surface area (Å²) in [5.41, 5.74) is 0.788. The molecule has 0 aromatic heterocycles. The highest BCUT2D eigenvalue weighted by molar-refractivity contribution is 8.00. The number of carbonyl (C=O) groups excluding carboxylic acids is 1. The van der Waals surface area contributed by atoms with E-state index in [0.29, 0.717) is 16.7 Å². The predicted molar refractivity (Wildman–Crippen MR) is 55.7 cm³/mol. The number of fused-ring (bicyclic) bond motifs is 1. The van der Waals surface area contributed by atoms with E-state index in [1.165, 1.54) is 0 Å². The number of carbonyl (C=O) groups is 1. The molecule has 1 aromatic rings. The average Bonchev–Trinajstić information content (AvgIpc) is 2.07. The highest BCUT2D eigenvalue weighted by Gasteiger charge is 2.24. The van der Waals surface area contributed by atoms with E-state index in [2.05, 4.69) is 6.92 Å². The van der Waals surface area contributed by atoms with Crippen LogP contribution in [0.4, 0.5) is 0 Å². The van der Waals surface area contributed by atoms with Crippen molar-refractivity contribution in [1.82, 2.24) is 0 Å². The number of hydrogen-bond donors (Lipinski definition) is 0. The Bertz CT molecular complexity index is 362. The van der Waals surface area contributed by atoms with Crippen molar-refractivity contribution in [3.63, 3.8) is 0 Å². The van der Waals surface area contributed by atoms with Gasteiger partial charge in [0.1, 0.15) is 0 Å². The highest BCUT2D eigenvalue weighted by Crippen LogP contribution is 2.39. The van der Waals surface area contributed by atoms with Crippen LogP contribution >= 0.6 is 23.4 Å². The Kier molecular flexibility index (Phi) is 2.35. The lowest BCUT2D eigenvalue weighted by molar-refractivity contribution is 0.0978. The van der Waals surface area contributed by atoms with Gasteiger partial charge in [0.05, 0.1) is 5.02 Å². The minimum Gasteiger partial charge on any atom is -0.294 e. The molecule has 1 aliphatic heterocycles. The molecule has 1 nitrogen and oxygen atoms in total. The van der Waals surface area contributed by atoms with Gasteiger partial charge in [0.2, 0.25) is 0 Å². The predicted octanol–water partition coefficient (Wildman–Crippen LogP) is 3.41. The zero-order chi connectivity index (χ0) is 9.42. The third kappa shape index (κ3) is 1.61. The van der Waals surface area contributed by atoms with Crippen molar-refractivity contribution in [2.45, 2.75) is 23.5 Å². The topological polar surface area (TPSA) is 17.1 Å². The Labute approximate surface area is 86.5 Å². The SMILES string of the molecule is CC1CC(=O)c2cccc(Cl)c2S1. The summed E-state index contributed by atoms with van der Waals surface area (Å²) in [6.07, 6.45) is 0.623. The highest BCUT2D eigenvalue weighted by atomic mass is 35.5. The van der Waals surface area contributed by atoms with Gasteiger partial charge in [-0.1, -0.05) is 30.7 Å². The number of ketones is 1. The van der Waals surface area contributed by atoms with Crippen molar-refractivity contribution in [1.29, 1.82) is 0 Å². The molecular weight excluding hydrogens is 204 g/mol. The van der Waals surface area contributed by atoms with Crippen LogP contribution < -0.4 is 0 Å². The molecule has 1 atom stereocenters. The van der Waals surface area contributed by atoms with Gasteiger partial charge in [0.15, 0.2) is 5.78 Å². The molecule has 0 aliphatic carbocycles. The van der Waals surface area contributed by atoms with Crippen LogP contribution in [-0.4, -0.2) is 11.0 Å². The van der Waals surface area contributed by atoms with Crippen molar-refractivity contribution >= 4 is 29.1 Å². The molecule has 68 valence electrons. The van der Waals surface area contributed by atoms with E-state index in [4.69, 9.17) is 11.6 Å². The second-order valence-corrected chi connectivity index (χ2v) is 5.03. The smallest absolute Gasteiger partial charge is 0.165 e. The Morgan fingerprint density at radius 2 is 2.31 bits per heavy atom. The number of hydrogen-bond acceptors (Lipinski definition) is 2. The minimum atomic E-state index is 0.212. The summed E-state index contributed by atoms with van der Waals surface area (Å²) in [6.45, 7) is 2.05. The first-order valence-corrected chi connectivity index (χ1v) is 5.42. The number of Topliss-reactive ketones (excluding diaryl/α,β-unsaturated/α-hetero) is 1. The van der Waals surface area contributed by atoms with E-state index in [0.717, 1.165) is 10.5 Å². The Morgan fingerprint density at radius 3 is 3.08 bits per heavy atom. The molecule has 0 N–H and O–H groups in total. The van der Waals surface area contributed by atoms with E-state index in [-0.39, 0.29) is 5.78 Å². The largest absolute Gasteiger partial charge is 0.294 e. The molecule has 2 rings (SSSR count). The lowest BCUT2D eigenvalue weighted by atomic mass is 10.1. The molecule has 0 radical (unpaired) electrons. The first kappa shape index (κ1) is 9.10. The first-order chi connectivity index (χ1) is 6.18. The van der Waals surface area contributed by atoms with Crippen LogP contribution in [-0.2, 0) is 0 Å². The van der Waals surface area contributed by atoms with Crippen LogP contribution in [0.15, 0.2) is 23.1 Å². The third-order valence-electron chi connectivity index (χ3n) is 2.06. The molecule has 3 heteroatoms. The molecule has 0 spiro atoms. The van der Waals surface area contributed by atoms with Crippen LogP contribution in [0.2, 0.25) is 5.02 Å².